The number of rotatable bonds is 6. The number of benzene rings is 1. The maximum Gasteiger partial charge on any atom is 0.259 e. The summed E-state index contributed by atoms with van der Waals surface area (Å²) in [5.41, 5.74) is 2.19. The van der Waals surface area contributed by atoms with Crippen LogP contribution >= 0.6 is 0 Å². The second-order valence-electron chi connectivity index (χ2n) is 8.35. The van der Waals surface area contributed by atoms with Crippen LogP contribution < -0.4 is 5.32 Å². The number of para-hydroxylation sites is 1. The van der Waals surface area contributed by atoms with Gasteiger partial charge < -0.3 is 14.8 Å². The van der Waals surface area contributed by atoms with Crippen LogP contribution in [-0.2, 0) is 11.3 Å². The molecule has 4 heterocycles. The van der Waals surface area contributed by atoms with Gasteiger partial charge in [0.25, 0.3) is 5.91 Å². The van der Waals surface area contributed by atoms with Gasteiger partial charge in [-0.25, -0.2) is 4.68 Å². The highest BCUT2D eigenvalue weighted by atomic mass is 16.2. The van der Waals surface area contributed by atoms with Crippen molar-refractivity contribution in [1.29, 1.82) is 0 Å². The van der Waals surface area contributed by atoms with Gasteiger partial charge in [0.15, 0.2) is 5.82 Å². The Labute approximate surface area is 197 Å². The first-order chi connectivity index (χ1) is 16.7. The molecule has 0 unspecified atom stereocenters. The maximum absolute atomic E-state index is 13.6. The Kier molecular flexibility index (Phi) is 6.20. The van der Waals surface area contributed by atoms with Crippen LogP contribution in [-0.4, -0.2) is 49.1 Å². The quantitative estimate of drug-likeness (QED) is 0.485. The lowest BCUT2D eigenvalue weighted by molar-refractivity contribution is -0.126. The van der Waals surface area contributed by atoms with Crippen molar-refractivity contribution in [2.75, 3.05) is 13.1 Å². The van der Waals surface area contributed by atoms with Crippen LogP contribution in [0.3, 0.4) is 0 Å². The van der Waals surface area contributed by atoms with Crippen molar-refractivity contribution in [3.8, 4) is 11.5 Å². The Hall–Kier alpha value is -4.20. The van der Waals surface area contributed by atoms with E-state index in [1.54, 1.807) is 22.0 Å². The molecule has 3 aromatic heterocycles. The summed E-state index contributed by atoms with van der Waals surface area (Å²) < 4.78 is 3.67. The fraction of sp³-hybridized carbons (Fsp3) is 0.231. The minimum absolute atomic E-state index is 0.0474. The topological polar surface area (TPSA) is 85.1 Å². The van der Waals surface area contributed by atoms with E-state index < -0.39 is 0 Å². The normalized spacial score (nSPS) is 15.8. The molecule has 8 nitrogen and oxygen atoms in total. The van der Waals surface area contributed by atoms with Gasteiger partial charge in [-0.15, -0.1) is 0 Å². The Balaban J connectivity index is 1.35. The van der Waals surface area contributed by atoms with E-state index in [1.165, 1.54) is 0 Å². The summed E-state index contributed by atoms with van der Waals surface area (Å²) in [6.07, 6.45) is 8.66. The average Bonchev–Trinajstić information content (AvgIpc) is 3.58. The molecule has 4 aromatic rings. The SMILES string of the molecule is O=C(NCc1ccccn1)[C@H]1CCCN(C(=O)c2cnn(-c3ccccc3)c2-n2cccc2)C1. The number of carbonyl (C=O) groups excluding carboxylic acids is 2. The average molecular weight is 455 g/mol. The molecule has 1 aliphatic rings. The lowest BCUT2D eigenvalue weighted by Gasteiger charge is -2.32. The Morgan fingerprint density at radius 1 is 1.00 bits per heavy atom. The number of aromatic nitrogens is 4. The van der Waals surface area contributed by atoms with E-state index in [0.29, 0.717) is 31.0 Å². The predicted molar refractivity (Wildman–Crippen MR) is 128 cm³/mol. The van der Waals surface area contributed by atoms with Crippen LogP contribution in [0.1, 0.15) is 28.9 Å². The third-order valence-electron chi connectivity index (χ3n) is 6.07. The van der Waals surface area contributed by atoms with Crippen molar-refractivity contribution in [2.24, 2.45) is 5.92 Å². The number of carbonyl (C=O) groups is 2. The standard InChI is InChI=1S/C26H26N6O2/c33-24(28-17-21-10-4-5-13-27-21)20-9-8-16-31(19-20)26(34)23-18-29-32(22-11-2-1-3-12-22)25(23)30-14-6-7-15-30/h1-7,10-15,18,20H,8-9,16-17,19H2,(H,28,33)/t20-/m0/s1. The molecule has 8 heteroatoms. The van der Waals surface area contributed by atoms with Crippen LogP contribution in [0.5, 0.6) is 0 Å². The van der Waals surface area contributed by atoms with Gasteiger partial charge >= 0.3 is 0 Å². The summed E-state index contributed by atoms with van der Waals surface area (Å²) in [5, 5.41) is 7.50. The van der Waals surface area contributed by atoms with Gasteiger partial charge in [0.05, 0.1) is 30.0 Å². The molecule has 1 fully saturated rings. The van der Waals surface area contributed by atoms with Gasteiger partial charge in [-0.3, -0.25) is 14.6 Å². The number of piperidine rings is 1. The molecule has 1 aromatic carbocycles. The monoisotopic (exact) mass is 454 g/mol. The van der Waals surface area contributed by atoms with Crippen LogP contribution in [0.4, 0.5) is 0 Å². The molecule has 0 bridgehead atoms. The minimum Gasteiger partial charge on any atom is -0.350 e. The van der Waals surface area contributed by atoms with E-state index in [4.69, 9.17) is 0 Å². The summed E-state index contributed by atoms with van der Waals surface area (Å²) in [6, 6.07) is 19.2. The second-order valence-corrected chi connectivity index (χ2v) is 8.35. The number of nitrogens with one attached hydrogen (secondary N) is 1. The third-order valence-corrected chi connectivity index (χ3v) is 6.07. The zero-order chi connectivity index (χ0) is 23.3. The van der Waals surface area contributed by atoms with Gasteiger partial charge in [0.1, 0.15) is 5.56 Å². The number of likely N-dealkylation sites (tertiary alicyclic amines) is 1. The molecule has 0 spiro atoms. The molecule has 0 radical (unpaired) electrons. The van der Waals surface area contributed by atoms with Crippen LogP contribution in [0, 0.1) is 5.92 Å². The first-order valence-electron chi connectivity index (χ1n) is 11.4. The number of amides is 2. The zero-order valence-electron chi connectivity index (χ0n) is 18.7. The molecule has 5 rings (SSSR count). The maximum atomic E-state index is 13.6. The van der Waals surface area contributed by atoms with Crippen molar-refractivity contribution < 1.29 is 9.59 Å². The zero-order valence-corrected chi connectivity index (χ0v) is 18.7. The van der Waals surface area contributed by atoms with E-state index in [9.17, 15) is 9.59 Å². The number of hydrogen-bond acceptors (Lipinski definition) is 4. The first-order valence-corrected chi connectivity index (χ1v) is 11.4. The molecular weight excluding hydrogens is 428 g/mol. The van der Waals surface area contributed by atoms with Crippen LogP contribution in [0.15, 0.2) is 85.5 Å². The fourth-order valence-electron chi connectivity index (χ4n) is 4.35. The van der Waals surface area contributed by atoms with Crippen molar-refractivity contribution >= 4 is 11.8 Å². The largest absolute Gasteiger partial charge is 0.350 e. The van der Waals surface area contributed by atoms with E-state index in [2.05, 4.69) is 15.4 Å². The number of hydrogen-bond donors (Lipinski definition) is 1. The Morgan fingerprint density at radius 3 is 2.56 bits per heavy atom. The molecule has 0 aliphatic carbocycles. The van der Waals surface area contributed by atoms with Crippen molar-refractivity contribution in [3.63, 3.8) is 0 Å². The van der Waals surface area contributed by atoms with E-state index in [0.717, 1.165) is 24.2 Å². The fourth-order valence-corrected chi connectivity index (χ4v) is 4.35. The van der Waals surface area contributed by atoms with Crippen LogP contribution in [0.2, 0.25) is 0 Å². The van der Waals surface area contributed by atoms with Gasteiger partial charge in [-0.1, -0.05) is 24.3 Å². The molecule has 1 atom stereocenters. The van der Waals surface area contributed by atoms with E-state index >= 15 is 0 Å². The highest BCUT2D eigenvalue weighted by molar-refractivity contribution is 5.97. The first kappa shape index (κ1) is 21.6. The van der Waals surface area contributed by atoms with Crippen molar-refractivity contribution in [3.05, 3.63) is 96.7 Å². The molecule has 1 aliphatic heterocycles. The molecule has 0 saturated carbocycles. The summed E-state index contributed by atoms with van der Waals surface area (Å²) >= 11 is 0. The minimum atomic E-state index is -0.249. The summed E-state index contributed by atoms with van der Waals surface area (Å²) in [7, 11) is 0. The highest BCUT2D eigenvalue weighted by Gasteiger charge is 2.31. The van der Waals surface area contributed by atoms with E-state index in [-0.39, 0.29) is 17.7 Å². The molecule has 2 amide bonds. The molecule has 34 heavy (non-hydrogen) atoms. The Bertz CT molecular complexity index is 1250. The third kappa shape index (κ3) is 4.47. The summed E-state index contributed by atoms with van der Waals surface area (Å²) in [6.45, 7) is 1.38. The summed E-state index contributed by atoms with van der Waals surface area (Å²) in [4.78, 5) is 32.5. The highest BCUT2D eigenvalue weighted by Crippen LogP contribution is 2.24. The van der Waals surface area contributed by atoms with Gasteiger partial charge in [-0.2, -0.15) is 5.10 Å². The van der Waals surface area contributed by atoms with Crippen molar-refractivity contribution in [2.45, 2.75) is 19.4 Å². The van der Waals surface area contributed by atoms with Gasteiger partial charge in [-0.05, 0) is 49.2 Å². The van der Waals surface area contributed by atoms with Gasteiger partial charge in [0, 0.05) is 31.7 Å². The van der Waals surface area contributed by atoms with Gasteiger partial charge in [0.2, 0.25) is 5.91 Å². The smallest absolute Gasteiger partial charge is 0.259 e. The molecule has 1 saturated heterocycles. The molecule has 1 N–H and O–H groups in total. The predicted octanol–water partition coefficient (Wildman–Crippen LogP) is 3.23. The number of nitrogens with zero attached hydrogens (tertiary/aromatic N) is 5. The van der Waals surface area contributed by atoms with Crippen LogP contribution in [0.25, 0.3) is 11.5 Å². The second kappa shape index (κ2) is 9.74. The molecular formula is C26H26N6O2. The summed E-state index contributed by atoms with van der Waals surface area (Å²) in [5.74, 6) is 0.269. The van der Waals surface area contributed by atoms with Crippen molar-refractivity contribution in [1.82, 2.24) is 29.5 Å². The lowest BCUT2D eigenvalue weighted by atomic mass is 9.96. The van der Waals surface area contributed by atoms with E-state index in [1.807, 2.05) is 77.6 Å². The molecule has 172 valence electrons. The lowest BCUT2D eigenvalue weighted by Crippen LogP contribution is -2.45. The Morgan fingerprint density at radius 2 is 1.79 bits per heavy atom. The number of pyridine rings is 1.